The van der Waals surface area contributed by atoms with Crippen LogP contribution in [0.2, 0.25) is 0 Å². The van der Waals surface area contributed by atoms with Gasteiger partial charge in [-0.05, 0) is 17.7 Å². The number of rotatable bonds is 7. The highest BCUT2D eigenvalue weighted by Gasteiger charge is 2.11. The van der Waals surface area contributed by atoms with E-state index in [4.69, 9.17) is 10.5 Å². The number of anilines is 4. The van der Waals surface area contributed by atoms with Crippen molar-refractivity contribution in [2.75, 3.05) is 23.6 Å². The van der Waals surface area contributed by atoms with Gasteiger partial charge < -0.3 is 15.8 Å². The molecular weight excluding hydrogens is 344 g/mol. The Morgan fingerprint density at radius 2 is 1.74 bits per heavy atom. The van der Waals surface area contributed by atoms with Gasteiger partial charge in [0.25, 0.3) is 0 Å². The molecule has 5 N–H and O–H groups in total. The van der Waals surface area contributed by atoms with Crippen LogP contribution in [0.25, 0.3) is 0 Å². The third-order valence-electron chi connectivity index (χ3n) is 3.77. The van der Waals surface area contributed by atoms with Crippen molar-refractivity contribution >= 4 is 28.9 Å². The van der Waals surface area contributed by atoms with Crippen LogP contribution in [0.4, 0.5) is 23.0 Å². The average molecular weight is 364 g/mol. The number of hydrogen-bond donors (Lipinski definition) is 4. The molecule has 138 valence electrons. The Labute approximate surface area is 156 Å². The summed E-state index contributed by atoms with van der Waals surface area (Å²) in [6.45, 7) is 0. The molecule has 8 heteroatoms. The summed E-state index contributed by atoms with van der Waals surface area (Å²) >= 11 is 0. The number of nitrogen functional groups attached to an aromatic ring is 1. The number of benzene rings is 2. The molecule has 0 radical (unpaired) electrons. The van der Waals surface area contributed by atoms with Crippen molar-refractivity contribution < 1.29 is 9.53 Å². The second kappa shape index (κ2) is 8.52. The number of ether oxygens (including phenoxy) is 1. The Morgan fingerprint density at radius 3 is 2.52 bits per heavy atom. The molecular formula is C19H20N6O2. The van der Waals surface area contributed by atoms with Gasteiger partial charge in [0.15, 0.2) is 11.6 Å². The van der Waals surface area contributed by atoms with E-state index in [-0.39, 0.29) is 18.0 Å². The summed E-state index contributed by atoms with van der Waals surface area (Å²) in [7, 11) is 1.58. The van der Waals surface area contributed by atoms with Crippen LogP contribution in [0.15, 0.2) is 60.9 Å². The standard InChI is InChI=1S/C19H20N6O2/c1-27-15-10-6-5-9-14(15)23-18-17(20)19(22-12-21-18)25-24-16(26)11-13-7-3-2-4-8-13/h2-10,12H,11,20H2,1H3,(H,24,26)(H2,21,22,23,25). The molecule has 0 aliphatic carbocycles. The number of carbonyl (C=O) groups excluding carboxylic acids is 1. The minimum absolute atomic E-state index is 0.210. The van der Waals surface area contributed by atoms with E-state index in [0.717, 1.165) is 5.56 Å². The van der Waals surface area contributed by atoms with Crippen LogP contribution in [0.3, 0.4) is 0 Å². The second-order valence-electron chi connectivity index (χ2n) is 5.65. The van der Waals surface area contributed by atoms with E-state index in [2.05, 4.69) is 26.1 Å². The smallest absolute Gasteiger partial charge is 0.242 e. The van der Waals surface area contributed by atoms with E-state index in [0.29, 0.717) is 23.1 Å². The molecule has 3 rings (SSSR count). The van der Waals surface area contributed by atoms with E-state index in [1.54, 1.807) is 7.11 Å². The van der Waals surface area contributed by atoms with Crippen LogP contribution >= 0.6 is 0 Å². The predicted octanol–water partition coefficient (Wildman–Crippen LogP) is 2.50. The number of nitrogens with one attached hydrogen (secondary N) is 3. The quantitative estimate of drug-likeness (QED) is 0.476. The number of hydrazine groups is 1. The highest BCUT2D eigenvalue weighted by Crippen LogP contribution is 2.30. The summed E-state index contributed by atoms with van der Waals surface area (Å²) in [5.41, 5.74) is 13.3. The zero-order chi connectivity index (χ0) is 19.1. The number of nitrogens with zero attached hydrogens (tertiary/aromatic N) is 2. The molecule has 1 heterocycles. The lowest BCUT2D eigenvalue weighted by molar-refractivity contribution is -0.119. The number of nitrogens with two attached hydrogens (primary N) is 1. The molecule has 8 nitrogen and oxygen atoms in total. The Morgan fingerprint density at radius 1 is 1.04 bits per heavy atom. The Bertz CT molecular complexity index is 917. The number of methoxy groups -OCH3 is 1. The number of carbonyl (C=O) groups is 1. The van der Waals surface area contributed by atoms with Gasteiger partial charge >= 0.3 is 0 Å². The molecule has 1 aromatic heterocycles. The first kappa shape index (κ1) is 18.0. The third-order valence-corrected chi connectivity index (χ3v) is 3.77. The van der Waals surface area contributed by atoms with Crippen molar-refractivity contribution in [1.29, 1.82) is 0 Å². The maximum absolute atomic E-state index is 12.1. The van der Waals surface area contributed by atoms with E-state index in [1.807, 2.05) is 54.6 Å². The van der Waals surface area contributed by atoms with Crippen LogP contribution in [-0.2, 0) is 11.2 Å². The van der Waals surface area contributed by atoms with Crippen LogP contribution in [0, 0.1) is 0 Å². The lowest BCUT2D eigenvalue weighted by Crippen LogP contribution is -2.31. The van der Waals surface area contributed by atoms with Crippen molar-refractivity contribution in [2.24, 2.45) is 0 Å². The van der Waals surface area contributed by atoms with Gasteiger partial charge in [-0.1, -0.05) is 42.5 Å². The summed E-state index contributed by atoms with van der Waals surface area (Å²) in [6.07, 6.45) is 1.59. The predicted molar refractivity (Wildman–Crippen MR) is 105 cm³/mol. The molecule has 0 saturated heterocycles. The molecule has 0 spiro atoms. The van der Waals surface area contributed by atoms with E-state index in [9.17, 15) is 4.79 Å². The normalized spacial score (nSPS) is 10.1. The van der Waals surface area contributed by atoms with Crippen LogP contribution in [0.5, 0.6) is 5.75 Å². The van der Waals surface area contributed by atoms with Crippen molar-refractivity contribution in [1.82, 2.24) is 15.4 Å². The van der Waals surface area contributed by atoms with E-state index in [1.165, 1.54) is 6.33 Å². The van der Waals surface area contributed by atoms with E-state index >= 15 is 0 Å². The molecule has 2 aromatic carbocycles. The molecule has 0 aliphatic heterocycles. The van der Waals surface area contributed by atoms with Gasteiger partial charge in [0.1, 0.15) is 17.8 Å². The fraction of sp³-hybridized carbons (Fsp3) is 0.105. The zero-order valence-electron chi connectivity index (χ0n) is 14.8. The Hall–Kier alpha value is -3.81. The van der Waals surface area contributed by atoms with Crippen molar-refractivity contribution in [3.8, 4) is 5.75 Å². The van der Waals surface area contributed by atoms with Gasteiger partial charge in [-0.3, -0.25) is 15.6 Å². The highest BCUT2D eigenvalue weighted by molar-refractivity contribution is 5.83. The summed E-state index contributed by atoms with van der Waals surface area (Å²) < 4.78 is 5.30. The number of amides is 1. The van der Waals surface area contributed by atoms with Gasteiger partial charge in [-0.25, -0.2) is 9.97 Å². The van der Waals surface area contributed by atoms with Gasteiger partial charge in [0.2, 0.25) is 5.91 Å². The second-order valence-corrected chi connectivity index (χ2v) is 5.65. The molecule has 27 heavy (non-hydrogen) atoms. The lowest BCUT2D eigenvalue weighted by Gasteiger charge is -2.14. The van der Waals surface area contributed by atoms with E-state index < -0.39 is 0 Å². The minimum Gasteiger partial charge on any atom is -0.495 e. The average Bonchev–Trinajstić information content (AvgIpc) is 2.70. The topological polar surface area (TPSA) is 114 Å². The summed E-state index contributed by atoms with van der Waals surface area (Å²) in [5, 5.41) is 3.11. The molecule has 0 aliphatic rings. The highest BCUT2D eigenvalue weighted by atomic mass is 16.5. The van der Waals surface area contributed by atoms with Crippen LogP contribution < -0.4 is 26.6 Å². The fourth-order valence-electron chi connectivity index (χ4n) is 2.42. The molecule has 0 unspecified atom stereocenters. The number of para-hydroxylation sites is 2. The zero-order valence-corrected chi connectivity index (χ0v) is 14.8. The number of hydrogen-bond acceptors (Lipinski definition) is 7. The molecule has 1 amide bonds. The summed E-state index contributed by atoms with van der Waals surface area (Å²) in [5.74, 6) is 1.14. The molecule has 0 bridgehead atoms. The Kier molecular flexibility index (Phi) is 5.68. The van der Waals surface area contributed by atoms with Crippen molar-refractivity contribution in [2.45, 2.75) is 6.42 Å². The largest absolute Gasteiger partial charge is 0.495 e. The SMILES string of the molecule is COc1ccccc1Nc1ncnc(NNC(=O)Cc2ccccc2)c1N. The molecule has 3 aromatic rings. The molecule has 0 saturated carbocycles. The Balaban J connectivity index is 1.67. The minimum atomic E-state index is -0.210. The van der Waals surface area contributed by atoms with Gasteiger partial charge in [0.05, 0.1) is 19.2 Å². The van der Waals surface area contributed by atoms with Gasteiger partial charge in [0, 0.05) is 0 Å². The van der Waals surface area contributed by atoms with Gasteiger partial charge in [-0.15, -0.1) is 0 Å². The van der Waals surface area contributed by atoms with Gasteiger partial charge in [-0.2, -0.15) is 0 Å². The molecule has 0 fully saturated rings. The van der Waals surface area contributed by atoms with Crippen molar-refractivity contribution in [3.63, 3.8) is 0 Å². The first-order valence-corrected chi connectivity index (χ1v) is 8.26. The maximum Gasteiger partial charge on any atom is 0.242 e. The lowest BCUT2D eigenvalue weighted by atomic mass is 10.1. The maximum atomic E-state index is 12.1. The molecule has 0 atom stereocenters. The van der Waals surface area contributed by atoms with Crippen LogP contribution in [-0.4, -0.2) is 23.0 Å². The third kappa shape index (κ3) is 4.63. The van der Waals surface area contributed by atoms with Crippen LogP contribution in [0.1, 0.15) is 5.56 Å². The van der Waals surface area contributed by atoms with Crippen molar-refractivity contribution in [3.05, 3.63) is 66.5 Å². The first-order valence-electron chi connectivity index (χ1n) is 8.26. The first-order chi connectivity index (χ1) is 13.2. The fourth-order valence-corrected chi connectivity index (χ4v) is 2.42. The number of aromatic nitrogens is 2. The summed E-state index contributed by atoms with van der Waals surface area (Å²) in [4.78, 5) is 20.3. The monoisotopic (exact) mass is 364 g/mol. The summed E-state index contributed by atoms with van der Waals surface area (Å²) in [6, 6.07) is 16.8.